The summed E-state index contributed by atoms with van der Waals surface area (Å²) in [6, 6.07) is 11.3. The molecular formula is C17H18N2O2S. The Balaban J connectivity index is 2.06. The third-order valence-corrected chi connectivity index (χ3v) is 5.09. The number of nitrogens with zero attached hydrogens (tertiary/aromatic N) is 1. The van der Waals surface area contributed by atoms with Crippen LogP contribution < -0.4 is 10.6 Å². The van der Waals surface area contributed by atoms with Gasteiger partial charge in [-0.2, -0.15) is 0 Å². The predicted octanol–water partition coefficient (Wildman–Crippen LogP) is 3.06. The highest BCUT2D eigenvalue weighted by molar-refractivity contribution is 7.14. The van der Waals surface area contributed by atoms with E-state index in [0.29, 0.717) is 6.42 Å². The molecule has 4 nitrogen and oxygen atoms in total. The number of rotatable bonds is 2. The van der Waals surface area contributed by atoms with Crippen LogP contribution in [0.1, 0.15) is 39.4 Å². The number of aryl methyl sites for hydroxylation is 1. The first kappa shape index (κ1) is 14.8. The van der Waals surface area contributed by atoms with Crippen molar-refractivity contribution in [2.45, 2.75) is 32.2 Å². The molecule has 0 radical (unpaired) electrons. The first-order valence-corrected chi connectivity index (χ1v) is 8.09. The minimum atomic E-state index is -0.335. The van der Waals surface area contributed by atoms with Crippen molar-refractivity contribution in [1.29, 1.82) is 0 Å². The number of hydrogen-bond donors (Lipinski definition) is 1. The zero-order chi connectivity index (χ0) is 15.9. The van der Waals surface area contributed by atoms with E-state index in [-0.39, 0.29) is 23.8 Å². The van der Waals surface area contributed by atoms with E-state index < -0.39 is 0 Å². The molecule has 1 aromatic heterocycles. The number of nitrogens with two attached hydrogens (primary N) is 1. The van der Waals surface area contributed by atoms with E-state index in [0.717, 1.165) is 21.0 Å². The van der Waals surface area contributed by atoms with Crippen molar-refractivity contribution in [3.63, 3.8) is 0 Å². The lowest BCUT2D eigenvalue weighted by Gasteiger charge is -2.38. The summed E-state index contributed by atoms with van der Waals surface area (Å²) in [5, 5.41) is 0. The summed E-state index contributed by atoms with van der Waals surface area (Å²) in [4.78, 5) is 28.2. The van der Waals surface area contributed by atoms with Gasteiger partial charge >= 0.3 is 0 Å². The van der Waals surface area contributed by atoms with Crippen LogP contribution in [0.15, 0.2) is 36.4 Å². The van der Waals surface area contributed by atoms with Gasteiger partial charge in [0.15, 0.2) is 0 Å². The van der Waals surface area contributed by atoms with Crippen LogP contribution >= 0.6 is 11.3 Å². The average Bonchev–Trinajstić information content (AvgIpc) is 2.92. The van der Waals surface area contributed by atoms with E-state index in [1.165, 1.54) is 11.3 Å². The van der Waals surface area contributed by atoms with Gasteiger partial charge in [0.1, 0.15) is 0 Å². The largest absolute Gasteiger partial charge is 0.369 e. The molecule has 0 saturated carbocycles. The Kier molecular flexibility index (Phi) is 3.74. The fraction of sp³-hybridized carbons (Fsp3) is 0.294. The number of para-hydroxylation sites is 1. The Hall–Kier alpha value is -2.14. The molecule has 114 valence electrons. The number of carbonyl (C=O) groups is 2. The quantitative estimate of drug-likeness (QED) is 0.926. The average molecular weight is 314 g/mol. The molecule has 2 heterocycles. The molecule has 1 aromatic carbocycles. The molecule has 5 heteroatoms. The van der Waals surface area contributed by atoms with Gasteiger partial charge in [-0.15, -0.1) is 11.3 Å². The summed E-state index contributed by atoms with van der Waals surface area (Å²) < 4.78 is 0. The smallest absolute Gasteiger partial charge is 0.268 e. The Morgan fingerprint density at radius 2 is 1.95 bits per heavy atom. The van der Waals surface area contributed by atoms with Crippen molar-refractivity contribution in [2.24, 2.45) is 5.73 Å². The highest BCUT2D eigenvalue weighted by Crippen LogP contribution is 2.39. The van der Waals surface area contributed by atoms with E-state index in [1.807, 2.05) is 50.2 Å². The summed E-state index contributed by atoms with van der Waals surface area (Å²) >= 11 is 1.49. The number of thiophene rings is 1. The van der Waals surface area contributed by atoms with Crippen molar-refractivity contribution in [3.8, 4) is 0 Å². The van der Waals surface area contributed by atoms with Gasteiger partial charge in [0.2, 0.25) is 5.91 Å². The van der Waals surface area contributed by atoms with Crippen LogP contribution in [0.4, 0.5) is 5.69 Å². The molecule has 2 N–H and O–H groups in total. The topological polar surface area (TPSA) is 63.4 Å². The van der Waals surface area contributed by atoms with Crippen molar-refractivity contribution in [1.82, 2.24) is 0 Å². The third-order valence-electron chi connectivity index (χ3n) is 4.10. The zero-order valence-corrected chi connectivity index (χ0v) is 13.4. The molecule has 0 saturated heterocycles. The van der Waals surface area contributed by atoms with Gasteiger partial charge in [-0.25, -0.2) is 0 Å². The number of hydrogen-bond acceptors (Lipinski definition) is 3. The predicted molar refractivity (Wildman–Crippen MR) is 88.3 cm³/mol. The Labute approximate surface area is 133 Å². The van der Waals surface area contributed by atoms with Gasteiger partial charge in [-0.3, -0.25) is 9.59 Å². The molecule has 3 rings (SSSR count). The fourth-order valence-electron chi connectivity index (χ4n) is 3.06. The molecule has 0 unspecified atom stereocenters. The van der Waals surface area contributed by atoms with E-state index in [2.05, 4.69) is 0 Å². The van der Waals surface area contributed by atoms with Crippen LogP contribution in [0.5, 0.6) is 0 Å². The highest BCUT2D eigenvalue weighted by Gasteiger charge is 2.36. The van der Waals surface area contributed by atoms with E-state index in [1.54, 1.807) is 4.90 Å². The molecule has 1 aliphatic heterocycles. The summed E-state index contributed by atoms with van der Waals surface area (Å²) in [6.45, 7) is 3.95. The second-order valence-corrected chi connectivity index (χ2v) is 6.97. The molecule has 2 aromatic rings. The van der Waals surface area contributed by atoms with E-state index >= 15 is 0 Å². The second kappa shape index (κ2) is 5.57. The van der Waals surface area contributed by atoms with Gasteiger partial charge < -0.3 is 10.6 Å². The Morgan fingerprint density at radius 3 is 2.59 bits per heavy atom. The highest BCUT2D eigenvalue weighted by atomic mass is 32.1. The number of fused-ring (bicyclic) bond motifs is 1. The molecule has 22 heavy (non-hydrogen) atoms. The molecule has 0 spiro atoms. The van der Waals surface area contributed by atoms with Crippen LogP contribution in [0.3, 0.4) is 0 Å². The maximum Gasteiger partial charge on any atom is 0.268 e. The maximum atomic E-state index is 12.9. The van der Waals surface area contributed by atoms with E-state index in [4.69, 9.17) is 5.73 Å². The SMILES string of the molecule is Cc1ccc(C(=O)N2c3ccccc3[C@H](C(N)=O)C[C@@H]2C)s1. The second-order valence-electron chi connectivity index (χ2n) is 5.68. The van der Waals surface area contributed by atoms with Crippen LogP contribution in [-0.2, 0) is 4.79 Å². The lowest BCUT2D eigenvalue weighted by Crippen LogP contribution is -2.45. The normalized spacial score (nSPS) is 20.5. The first-order valence-electron chi connectivity index (χ1n) is 7.27. The van der Waals surface area contributed by atoms with Crippen molar-refractivity contribution < 1.29 is 9.59 Å². The zero-order valence-electron chi connectivity index (χ0n) is 12.6. The summed E-state index contributed by atoms with van der Waals surface area (Å²) in [5.74, 6) is -0.681. The minimum absolute atomic E-state index is 0.0130. The Bertz CT molecular complexity index is 738. The lowest BCUT2D eigenvalue weighted by molar-refractivity contribution is -0.119. The molecule has 0 bridgehead atoms. The van der Waals surface area contributed by atoms with Crippen LogP contribution in [-0.4, -0.2) is 17.9 Å². The molecular weight excluding hydrogens is 296 g/mol. The van der Waals surface area contributed by atoms with Gasteiger partial charge in [0, 0.05) is 16.6 Å². The van der Waals surface area contributed by atoms with Gasteiger partial charge in [0.25, 0.3) is 5.91 Å². The van der Waals surface area contributed by atoms with Crippen molar-refractivity contribution >= 4 is 28.8 Å². The number of amides is 2. The number of benzene rings is 1. The minimum Gasteiger partial charge on any atom is -0.369 e. The van der Waals surface area contributed by atoms with E-state index in [9.17, 15) is 9.59 Å². The first-order chi connectivity index (χ1) is 10.5. The van der Waals surface area contributed by atoms with Gasteiger partial charge in [0.05, 0.1) is 10.8 Å². The summed E-state index contributed by atoms with van der Waals surface area (Å²) in [7, 11) is 0. The lowest BCUT2D eigenvalue weighted by atomic mass is 9.85. The van der Waals surface area contributed by atoms with Crippen LogP contribution in [0.25, 0.3) is 0 Å². The van der Waals surface area contributed by atoms with Crippen LogP contribution in [0.2, 0.25) is 0 Å². The van der Waals surface area contributed by atoms with Gasteiger partial charge in [-0.1, -0.05) is 18.2 Å². The molecule has 0 fully saturated rings. The molecule has 1 aliphatic rings. The standard InChI is InChI=1S/C17H18N2O2S/c1-10-9-13(16(18)20)12-5-3-4-6-14(12)19(10)17(21)15-8-7-11(2)22-15/h3-8,10,13H,9H2,1-2H3,(H2,18,20)/t10-,13+/m0/s1. The molecule has 2 atom stereocenters. The number of primary amides is 1. The summed E-state index contributed by atoms with van der Waals surface area (Å²) in [6.07, 6.45) is 0.558. The fourth-order valence-corrected chi connectivity index (χ4v) is 3.86. The number of carbonyl (C=O) groups excluding carboxylic acids is 2. The molecule has 2 amide bonds. The number of anilines is 1. The Morgan fingerprint density at radius 1 is 1.23 bits per heavy atom. The molecule has 0 aliphatic carbocycles. The third kappa shape index (κ3) is 2.41. The van der Waals surface area contributed by atoms with Crippen LogP contribution in [0, 0.1) is 6.92 Å². The van der Waals surface area contributed by atoms with Crippen molar-refractivity contribution in [2.75, 3.05) is 4.90 Å². The monoisotopic (exact) mass is 314 g/mol. The summed E-state index contributed by atoms with van der Waals surface area (Å²) in [5.41, 5.74) is 7.17. The maximum absolute atomic E-state index is 12.9. The van der Waals surface area contributed by atoms with Crippen molar-refractivity contribution in [3.05, 3.63) is 51.7 Å². The van der Waals surface area contributed by atoms with Gasteiger partial charge in [-0.05, 0) is 44.0 Å².